The van der Waals surface area contributed by atoms with E-state index in [1.165, 1.54) is 0 Å². The van der Waals surface area contributed by atoms with Crippen LogP contribution >= 0.6 is 11.3 Å². The smallest absolute Gasteiger partial charge is 0.303 e. The van der Waals surface area contributed by atoms with Crippen LogP contribution in [0.3, 0.4) is 0 Å². The molecule has 5 nitrogen and oxygen atoms in total. The molecule has 1 aromatic heterocycles. The van der Waals surface area contributed by atoms with Gasteiger partial charge in [0.25, 0.3) is 0 Å². The summed E-state index contributed by atoms with van der Waals surface area (Å²) in [5.41, 5.74) is 0.984. The number of hydrogen-bond donors (Lipinski definition) is 1. The van der Waals surface area contributed by atoms with Crippen LogP contribution in [-0.4, -0.2) is 22.2 Å². The molecular weight excluding hydrogens is 314 g/mol. The van der Waals surface area contributed by atoms with Crippen LogP contribution in [0.25, 0.3) is 0 Å². The molecule has 0 amide bonds. The standard InChI is InChI=1S/C17H21NO4S/c1-11(2)22-17-15(23-12(3)18-17)10-21-14-7-4-13(5-8-14)6-9-16(19)20/h4-5,7-8,11H,6,9-10H2,1-3H3,(H,19,20). The van der Waals surface area contributed by atoms with E-state index >= 15 is 0 Å². The van der Waals surface area contributed by atoms with Gasteiger partial charge in [-0.15, -0.1) is 11.3 Å². The molecule has 0 unspecified atom stereocenters. The fraction of sp³-hybridized carbons (Fsp3) is 0.412. The first kappa shape index (κ1) is 17.3. The maximum Gasteiger partial charge on any atom is 0.303 e. The second-order valence-corrected chi connectivity index (χ2v) is 6.74. The van der Waals surface area contributed by atoms with E-state index in [0.717, 1.165) is 21.2 Å². The molecule has 1 N–H and O–H groups in total. The number of nitrogens with zero attached hydrogens (tertiary/aromatic N) is 1. The topological polar surface area (TPSA) is 68.7 Å². The molecule has 6 heteroatoms. The predicted molar refractivity (Wildman–Crippen MR) is 89.3 cm³/mol. The van der Waals surface area contributed by atoms with Gasteiger partial charge in [0.2, 0.25) is 5.88 Å². The zero-order chi connectivity index (χ0) is 16.8. The minimum absolute atomic E-state index is 0.0729. The fourth-order valence-corrected chi connectivity index (χ4v) is 2.79. The first-order valence-corrected chi connectivity index (χ1v) is 8.32. The van der Waals surface area contributed by atoms with Crippen LogP contribution in [0.1, 0.15) is 35.7 Å². The summed E-state index contributed by atoms with van der Waals surface area (Å²) in [6, 6.07) is 7.49. The summed E-state index contributed by atoms with van der Waals surface area (Å²) in [7, 11) is 0. The number of carbonyl (C=O) groups is 1. The Hall–Kier alpha value is -2.08. The van der Waals surface area contributed by atoms with Gasteiger partial charge in [-0.1, -0.05) is 12.1 Å². The molecule has 124 valence electrons. The summed E-state index contributed by atoms with van der Waals surface area (Å²) < 4.78 is 11.5. The molecule has 0 aliphatic heterocycles. The van der Waals surface area contributed by atoms with Gasteiger partial charge >= 0.3 is 5.97 Å². The Balaban J connectivity index is 1.94. The highest BCUT2D eigenvalue weighted by atomic mass is 32.1. The summed E-state index contributed by atoms with van der Waals surface area (Å²) in [4.78, 5) is 15.9. The van der Waals surface area contributed by atoms with E-state index in [-0.39, 0.29) is 12.5 Å². The molecule has 0 saturated heterocycles. The number of aryl methyl sites for hydroxylation is 2. The largest absolute Gasteiger partial charge is 0.488 e. The molecule has 1 heterocycles. The van der Waals surface area contributed by atoms with Crippen LogP contribution in [0.4, 0.5) is 0 Å². The van der Waals surface area contributed by atoms with Gasteiger partial charge < -0.3 is 14.6 Å². The van der Waals surface area contributed by atoms with Gasteiger partial charge in [0.15, 0.2) is 0 Å². The van der Waals surface area contributed by atoms with E-state index in [2.05, 4.69) is 4.98 Å². The lowest BCUT2D eigenvalue weighted by atomic mass is 10.1. The van der Waals surface area contributed by atoms with Crippen molar-refractivity contribution in [2.75, 3.05) is 0 Å². The maximum absolute atomic E-state index is 10.6. The highest BCUT2D eigenvalue weighted by Gasteiger charge is 2.12. The Morgan fingerprint density at radius 1 is 1.30 bits per heavy atom. The van der Waals surface area contributed by atoms with Gasteiger partial charge in [-0.25, -0.2) is 4.98 Å². The Morgan fingerprint density at radius 2 is 2.00 bits per heavy atom. The summed E-state index contributed by atoms with van der Waals surface area (Å²) in [5, 5.41) is 9.64. The Morgan fingerprint density at radius 3 is 2.61 bits per heavy atom. The number of aromatic nitrogens is 1. The van der Waals surface area contributed by atoms with Crippen LogP contribution in [0.5, 0.6) is 11.6 Å². The van der Waals surface area contributed by atoms with E-state index in [4.69, 9.17) is 14.6 Å². The van der Waals surface area contributed by atoms with Gasteiger partial charge in [0, 0.05) is 6.42 Å². The number of rotatable bonds is 8. The second kappa shape index (κ2) is 7.97. The van der Waals surface area contributed by atoms with Crippen LogP contribution in [0.15, 0.2) is 24.3 Å². The summed E-state index contributed by atoms with van der Waals surface area (Å²) >= 11 is 1.56. The molecule has 0 bridgehead atoms. The monoisotopic (exact) mass is 335 g/mol. The quantitative estimate of drug-likeness (QED) is 0.794. The van der Waals surface area contributed by atoms with Crippen LogP contribution in [0.2, 0.25) is 0 Å². The van der Waals surface area contributed by atoms with Crippen molar-refractivity contribution < 1.29 is 19.4 Å². The molecule has 0 saturated carbocycles. The van der Waals surface area contributed by atoms with Crippen LogP contribution in [0, 0.1) is 6.92 Å². The lowest BCUT2D eigenvalue weighted by molar-refractivity contribution is -0.136. The van der Waals surface area contributed by atoms with Crippen molar-refractivity contribution in [1.29, 1.82) is 0 Å². The van der Waals surface area contributed by atoms with Gasteiger partial charge in [0.1, 0.15) is 17.2 Å². The second-order valence-electron chi connectivity index (χ2n) is 5.45. The van der Waals surface area contributed by atoms with E-state index in [0.29, 0.717) is 18.9 Å². The summed E-state index contributed by atoms with van der Waals surface area (Å²) in [6.07, 6.45) is 0.732. The van der Waals surface area contributed by atoms with Crippen molar-refractivity contribution in [2.45, 2.75) is 46.3 Å². The molecule has 23 heavy (non-hydrogen) atoms. The van der Waals surface area contributed by atoms with Gasteiger partial charge in [-0.05, 0) is 44.9 Å². The average Bonchev–Trinajstić information content (AvgIpc) is 2.83. The molecule has 1 aromatic carbocycles. The normalized spacial score (nSPS) is 10.8. The lowest BCUT2D eigenvalue weighted by Gasteiger charge is -2.10. The molecule has 0 radical (unpaired) electrons. The molecule has 0 aliphatic carbocycles. The van der Waals surface area contributed by atoms with Gasteiger partial charge in [-0.2, -0.15) is 0 Å². The van der Waals surface area contributed by atoms with Crippen LogP contribution in [-0.2, 0) is 17.8 Å². The maximum atomic E-state index is 10.6. The predicted octanol–water partition coefficient (Wildman–Crippen LogP) is 3.83. The van der Waals surface area contributed by atoms with Crippen molar-refractivity contribution in [2.24, 2.45) is 0 Å². The third-order valence-electron chi connectivity index (χ3n) is 3.04. The lowest BCUT2D eigenvalue weighted by Crippen LogP contribution is -2.08. The van der Waals surface area contributed by atoms with Crippen LogP contribution < -0.4 is 9.47 Å². The Labute approximate surface area is 139 Å². The molecule has 0 spiro atoms. The first-order valence-electron chi connectivity index (χ1n) is 7.50. The number of ether oxygens (including phenoxy) is 2. The third-order valence-corrected chi connectivity index (χ3v) is 3.96. The van der Waals surface area contributed by atoms with Crippen molar-refractivity contribution in [1.82, 2.24) is 4.98 Å². The third kappa shape index (κ3) is 5.56. The number of aliphatic carboxylic acids is 1. The number of thiazole rings is 1. The molecule has 0 fully saturated rings. The number of benzene rings is 1. The Kier molecular flexibility index (Phi) is 5.98. The van der Waals surface area contributed by atoms with E-state index in [1.807, 2.05) is 45.0 Å². The summed E-state index contributed by atoms with van der Waals surface area (Å²) in [5.74, 6) is 0.592. The molecule has 2 rings (SSSR count). The number of hydrogen-bond acceptors (Lipinski definition) is 5. The highest BCUT2D eigenvalue weighted by molar-refractivity contribution is 7.11. The fourth-order valence-electron chi connectivity index (χ4n) is 2.01. The van der Waals surface area contributed by atoms with Crippen molar-refractivity contribution in [3.8, 4) is 11.6 Å². The molecule has 0 atom stereocenters. The van der Waals surface area contributed by atoms with Crippen molar-refractivity contribution in [3.63, 3.8) is 0 Å². The summed E-state index contributed by atoms with van der Waals surface area (Å²) in [6.45, 7) is 6.28. The van der Waals surface area contributed by atoms with Crippen molar-refractivity contribution in [3.05, 3.63) is 39.7 Å². The van der Waals surface area contributed by atoms with Gasteiger partial charge in [0.05, 0.1) is 11.1 Å². The van der Waals surface area contributed by atoms with E-state index < -0.39 is 5.97 Å². The SMILES string of the molecule is Cc1nc(OC(C)C)c(COc2ccc(CCC(=O)O)cc2)s1. The Bertz CT molecular complexity index is 649. The highest BCUT2D eigenvalue weighted by Crippen LogP contribution is 2.27. The minimum atomic E-state index is -0.788. The molecule has 0 aliphatic rings. The number of carboxylic acid groups (broad SMARTS) is 1. The molecular formula is C17H21NO4S. The van der Waals surface area contributed by atoms with Crippen molar-refractivity contribution >= 4 is 17.3 Å². The zero-order valence-corrected chi connectivity index (χ0v) is 14.4. The molecule has 2 aromatic rings. The number of carboxylic acids is 1. The van der Waals surface area contributed by atoms with E-state index in [9.17, 15) is 4.79 Å². The van der Waals surface area contributed by atoms with Gasteiger partial charge in [-0.3, -0.25) is 4.79 Å². The average molecular weight is 335 g/mol. The van der Waals surface area contributed by atoms with E-state index in [1.54, 1.807) is 11.3 Å². The first-order chi connectivity index (χ1) is 10.9. The minimum Gasteiger partial charge on any atom is -0.488 e. The zero-order valence-electron chi connectivity index (χ0n) is 13.5.